The van der Waals surface area contributed by atoms with Crippen LogP contribution in [0.3, 0.4) is 0 Å². The molecule has 7 nitrogen and oxygen atoms in total. The summed E-state index contributed by atoms with van der Waals surface area (Å²) in [5.41, 5.74) is 2.36. The Balaban J connectivity index is 0.00000363. The molecule has 2 N–H and O–H groups in total. The molecule has 0 spiro atoms. The monoisotopic (exact) mass is 554 g/mol. The van der Waals surface area contributed by atoms with Crippen LogP contribution in [-0.4, -0.2) is 66.1 Å². The van der Waals surface area contributed by atoms with Crippen molar-refractivity contribution in [3.05, 3.63) is 53.9 Å². The molecule has 2 aromatic rings. The third kappa shape index (κ3) is 9.07. The van der Waals surface area contributed by atoms with Gasteiger partial charge in [0, 0.05) is 44.0 Å². The maximum Gasteiger partial charge on any atom is 0.191 e. The Morgan fingerprint density at radius 1 is 1.12 bits per heavy atom. The zero-order valence-corrected chi connectivity index (χ0v) is 22.0. The zero-order valence-electron chi connectivity index (χ0n) is 19.7. The maximum atomic E-state index is 5.54. The highest BCUT2D eigenvalue weighted by Gasteiger charge is 2.22. The van der Waals surface area contributed by atoms with E-state index in [1.807, 2.05) is 16.9 Å². The number of nitrogens with zero attached hydrogens (tertiary/aromatic N) is 4. The minimum Gasteiger partial charge on any atom is -0.379 e. The molecule has 3 rings (SSSR count). The number of nitrogens with one attached hydrogen (secondary N) is 2. The molecule has 1 fully saturated rings. The van der Waals surface area contributed by atoms with Crippen molar-refractivity contribution >= 4 is 29.9 Å². The molecule has 1 saturated heterocycles. The van der Waals surface area contributed by atoms with Crippen molar-refractivity contribution < 1.29 is 4.74 Å². The Labute approximate surface area is 210 Å². The number of benzene rings is 1. The molecule has 0 radical (unpaired) electrons. The summed E-state index contributed by atoms with van der Waals surface area (Å²) < 4.78 is 7.51. The number of hydrogen-bond acceptors (Lipinski definition) is 4. The minimum absolute atomic E-state index is 0. The zero-order chi connectivity index (χ0) is 21.9. The SMILES string of the molecule is CCNC(=NCc1cnn(Cc2ccccc2)c1)NCC(CC(C)C)N1CCOCC1.I. The number of aliphatic imine (C=N–C) groups is 1. The van der Waals surface area contributed by atoms with E-state index in [9.17, 15) is 0 Å². The molecule has 2 heterocycles. The molecule has 0 aliphatic carbocycles. The van der Waals surface area contributed by atoms with Gasteiger partial charge in [-0.05, 0) is 24.8 Å². The quantitative estimate of drug-likeness (QED) is 0.268. The number of guanidine groups is 1. The predicted octanol–water partition coefficient (Wildman–Crippen LogP) is 3.35. The lowest BCUT2D eigenvalue weighted by molar-refractivity contribution is 0.0132. The average Bonchev–Trinajstić information content (AvgIpc) is 3.23. The second-order valence-electron chi connectivity index (χ2n) is 8.54. The van der Waals surface area contributed by atoms with Crippen molar-refractivity contribution in [1.82, 2.24) is 25.3 Å². The van der Waals surface area contributed by atoms with Gasteiger partial charge in [0.1, 0.15) is 0 Å². The second kappa shape index (κ2) is 14.5. The summed E-state index contributed by atoms with van der Waals surface area (Å²) in [7, 11) is 0. The van der Waals surface area contributed by atoms with E-state index in [1.165, 1.54) is 12.0 Å². The van der Waals surface area contributed by atoms with Crippen LogP contribution in [0.1, 0.15) is 38.3 Å². The molecule has 178 valence electrons. The van der Waals surface area contributed by atoms with Crippen LogP contribution in [0.5, 0.6) is 0 Å². The lowest BCUT2D eigenvalue weighted by Gasteiger charge is -2.35. The number of hydrogen-bond donors (Lipinski definition) is 2. The van der Waals surface area contributed by atoms with Crippen molar-refractivity contribution in [2.75, 3.05) is 39.4 Å². The van der Waals surface area contributed by atoms with E-state index in [2.05, 4.69) is 71.9 Å². The van der Waals surface area contributed by atoms with E-state index in [4.69, 9.17) is 9.73 Å². The third-order valence-electron chi connectivity index (χ3n) is 5.45. The molecule has 32 heavy (non-hydrogen) atoms. The normalized spacial score (nSPS) is 15.9. The second-order valence-corrected chi connectivity index (χ2v) is 8.54. The fourth-order valence-electron chi connectivity index (χ4n) is 3.92. The molecule has 1 aliphatic rings. The first kappa shape index (κ1) is 26.6. The summed E-state index contributed by atoms with van der Waals surface area (Å²) in [6, 6.07) is 10.9. The van der Waals surface area contributed by atoms with Gasteiger partial charge in [0.15, 0.2) is 5.96 Å². The summed E-state index contributed by atoms with van der Waals surface area (Å²) in [6.07, 6.45) is 5.15. The van der Waals surface area contributed by atoms with E-state index < -0.39 is 0 Å². The van der Waals surface area contributed by atoms with Gasteiger partial charge in [0.25, 0.3) is 0 Å². The molecule has 0 saturated carbocycles. The molecule has 0 amide bonds. The Morgan fingerprint density at radius 2 is 1.88 bits per heavy atom. The van der Waals surface area contributed by atoms with Gasteiger partial charge < -0.3 is 15.4 Å². The first-order valence-corrected chi connectivity index (χ1v) is 11.5. The number of rotatable bonds is 10. The predicted molar refractivity (Wildman–Crippen MR) is 142 cm³/mol. The summed E-state index contributed by atoms with van der Waals surface area (Å²) in [5.74, 6) is 1.52. The van der Waals surface area contributed by atoms with Gasteiger partial charge in [0.2, 0.25) is 0 Å². The molecule has 1 atom stereocenters. The van der Waals surface area contributed by atoms with E-state index in [1.54, 1.807) is 0 Å². The third-order valence-corrected chi connectivity index (χ3v) is 5.45. The summed E-state index contributed by atoms with van der Waals surface area (Å²) in [5, 5.41) is 11.4. The van der Waals surface area contributed by atoms with Gasteiger partial charge in [-0.15, -0.1) is 24.0 Å². The number of morpholine rings is 1. The average molecular weight is 555 g/mol. The van der Waals surface area contributed by atoms with Crippen molar-refractivity contribution in [2.45, 2.75) is 46.3 Å². The molecular weight excluding hydrogens is 515 g/mol. The van der Waals surface area contributed by atoms with Gasteiger partial charge in [0.05, 0.1) is 32.5 Å². The van der Waals surface area contributed by atoms with Crippen molar-refractivity contribution in [1.29, 1.82) is 0 Å². The number of halogens is 1. The van der Waals surface area contributed by atoms with Crippen LogP contribution >= 0.6 is 24.0 Å². The van der Waals surface area contributed by atoms with Crippen LogP contribution in [0.15, 0.2) is 47.7 Å². The van der Waals surface area contributed by atoms with Crippen LogP contribution in [-0.2, 0) is 17.8 Å². The molecule has 8 heteroatoms. The van der Waals surface area contributed by atoms with E-state index in [0.29, 0.717) is 18.5 Å². The van der Waals surface area contributed by atoms with Gasteiger partial charge >= 0.3 is 0 Å². The van der Waals surface area contributed by atoms with Crippen LogP contribution in [0, 0.1) is 5.92 Å². The fourth-order valence-corrected chi connectivity index (χ4v) is 3.92. The van der Waals surface area contributed by atoms with Crippen LogP contribution in [0.2, 0.25) is 0 Å². The summed E-state index contributed by atoms with van der Waals surface area (Å²) >= 11 is 0. The topological polar surface area (TPSA) is 66.7 Å². The van der Waals surface area contributed by atoms with Crippen LogP contribution < -0.4 is 10.6 Å². The molecular formula is C24H39IN6O. The van der Waals surface area contributed by atoms with E-state index in [-0.39, 0.29) is 24.0 Å². The highest BCUT2D eigenvalue weighted by atomic mass is 127. The van der Waals surface area contributed by atoms with Crippen LogP contribution in [0.4, 0.5) is 0 Å². The first-order chi connectivity index (χ1) is 15.1. The van der Waals surface area contributed by atoms with Gasteiger partial charge in [-0.2, -0.15) is 5.10 Å². The van der Waals surface area contributed by atoms with Crippen molar-refractivity contribution in [2.24, 2.45) is 10.9 Å². The molecule has 0 bridgehead atoms. The molecule has 1 aromatic carbocycles. The number of aromatic nitrogens is 2. The molecule has 1 aromatic heterocycles. The fraction of sp³-hybridized carbons (Fsp3) is 0.583. The van der Waals surface area contributed by atoms with E-state index in [0.717, 1.165) is 57.5 Å². The summed E-state index contributed by atoms with van der Waals surface area (Å²) in [4.78, 5) is 7.35. The summed E-state index contributed by atoms with van der Waals surface area (Å²) in [6.45, 7) is 13.5. The maximum absolute atomic E-state index is 5.54. The van der Waals surface area contributed by atoms with Crippen LogP contribution in [0.25, 0.3) is 0 Å². The molecule has 1 aliphatic heterocycles. The Bertz CT molecular complexity index is 789. The highest BCUT2D eigenvalue weighted by Crippen LogP contribution is 2.13. The first-order valence-electron chi connectivity index (χ1n) is 11.5. The van der Waals surface area contributed by atoms with Crippen molar-refractivity contribution in [3.63, 3.8) is 0 Å². The Hall–Kier alpha value is -1.65. The lowest BCUT2D eigenvalue weighted by atomic mass is 10.0. The Morgan fingerprint density at radius 3 is 2.56 bits per heavy atom. The van der Waals surface area contributed by atoms with E-state index >= 15 is 0 Å². The van der Waals surface area contributed by atoms with Gasteiger partial charge in [-0.1, -0.05) is 44.2 Å². The minimum atomic E-state index is 0. The van der Waals surface area contributed by atoms with Gasteiger partial charge in [-0.25, -0.2) is 4.99 Å². The largest absolute Gasteiger partial charge is 0.379 e. The smallest absolute Gasteiger partial charge is 0.191 e. The van der Waals surface area contributed by atoms with Crippen molar-refractivity contribution in [3.8, 4) is 0 Å². The highest BCUT2D eigenvalue weighted by molar-refractivity contribution is 14.0. The Kier molecular flexibility index (Phi) is 12.0. The molecule has 1 unspecified atom stereocenters. The number of ether oxygens (including phenoxy) is 1. The lowest BCUT2D eigenvalue weighted by Crippen LogP contribution is -2.51. The van der Waals surface area contributed by atoms with Gasteiger partial charge in [-0.3, -0.25) is 9.58 Å². The standard InChI is InChI=1S/C24H38N6O.HI/c1-4-25-24(27-17-23(14-20(2)3)29-10-12-31-13-11-29)26-15-22-16-28-30(19-22)18-21-8-6-5-7-9-21;/h5-9,16,19-20,23H,4,10-15,17-18H2,1-3H3,(H2,25,26,27);1H.